The van der Waals surface area contributed by atoms with E-state index in [9.17, 15) is 9.59 Å². The number of nitrogens with zero attached hydrogens (tertiary/aromatic N) is 3. The second-order valence-corrected chi connectivity index (χ2v) is 6.67. The van der Waals surface area contributed by atoms with Gasteiger partial charge in [0.05, 0.1) is 0 Å². The van der Waals surface area contributed by atoms with E-state index < -0.39 is 0 Å². The van der Waals surface area contributed by atoms with Crippen LogP contribution in [0.25, 0.3) is 0 Å². The predicted molar refractivity (Wildman–Crippen MR) is 104 cm³/mol. The molecule has 0 bridgehead atoms. The van der Waals surface area contributed by atoms with E-state index in [2.05, 4.69) is 27.1 Å². The van der Waals surface area contributed by atoms with Crippen LogP contribution in [0.3, 0.4) is 0 Å². The van der Waals surface area contributed by atoms with E-state index in [4.69, 9.17) is 0 Å². The number of carbonyl (C=O) groups is 2. The first-order valence-corrected chi connectivity index (χ1v) is 9.25. The van der Waals surface area contributed by atoms with Gasteiger partial charge in [0.1, 0.15) is 0 Å². The van der Waals surface area contributed by atoms with Crippen molar-refractivity contribution in [1.82, 2.24) is 15.2 Å². The van der Waals surface area contributed by atoms with E-state index in [1.165, 1.54) is 0 Å². The smallest absolute Gasteiger partial charge is 0.321 e. The molecule has 2 heterocycles. The highest BCUT2D eigenvalue weighted by Crippen LogP contribution is 2.19. The van der Waals surface area contributed by atoms with Crippen LogP contribution in [0.5, 0.6) is 0 Å². The molecule has 7 nitrogen and oxygen atoms in total. The van der Waals surface area contributed by atoms with Crippen LogP contribution in [0.1, 0.15) is 10.4 Å². The summed E-state index contributed by atoms with van der Waals surface area (Å²) in [5.41, 5.74) is 1.21. The largest absolute Gasteiger partial charge is 0.349 e. The molecule has 1 fully saturated rings. The van der Waals surface area contributed by atoms with E-state index in [1.807, 2.05) is 5.38 Å². The maximum atomic E-state index is 12.4. The number of nitrogens with one attached hydrogen (secondary N) is 2. The highest BCUT2D eigenvalue weighted by molar-refractivity contribution is 7.13. The van der Waals surface area contributed by atoms with Gasteiger partial charge >= 0.3 is 6.03 Å². The molecule has 0 unspecified atom stereocenters. The Morgan fingerprint density at radius 3 is 2.54 bits per heavy atom. The minimum absolute atomic E-state index is 0.132. The molecular weight excluding hydrogens is 350 g/mol. The third-order valence-corrected chi connectivity index (χ3v) is 4.89. The Kier molecular flexibility index (Phi) is 5.85. The first-order chi connectivity index (χ1) is 12.7. The lowest BCUT2D eigenvalue weighted by atomic mass is 10.2. The Morgan fingerprint density at radius 2 is 1.92 bits per heavy atom. The highest BCUT2D eigenvalue weighted by Gasteiger charge is 2.22. The molecule has 1 saturated heterocycles. The zero-order valence-corrected chi connectivity index (χ0v) is 15.2. The lowest BCUT2D eigenvalue weighted by Gasteiger charge is -2.34. The van der Waals surface area contributed by atoms with Crippen molar-refractivity contribution in [3.63, 3.8) is 0 Å². The third kappa shape index (κ3) is 4.40. The summed E-state index contributed by atoms with van der Waals surface area (Å²) in [6, 6.07) is 6.70. The minimum Gasteiger partial charge on any atom is -0.349 e. The van der Waals surface area contributed by atoms with Gasteiger partial charge < -0.3 is 20.4 Å². The summed E-state index contributed by atoms with van der Waals surface area (Å²) in [7, 11) is 0. The van der Waals surface area contributed by atoms with Gasteiger partial charge in [-0.2, -0.15) is 0 Å². The van der Waals surface area contributed by atoms with E-state index in [1.54, 1.807) is 52.8 Å². The molecule has 8 heteroatoms. The maximum absolute atomic E-state index is 12.4. The predicted octanol–water partition coefficient (Wildman–Crippen LogP) is 2.41. The zero-order chi connectivity index (χ0) is 18.4. The second-order valence-electron chi connectivity index (χ2n) is 5.79. The van der Waals surface area contributed by atoms with Gasteiger partial charge in [-0.05, 0) is 24.3 Å². The van der Waals surface area contributed by atoms with Crippen molar-refractivity contribution in [2.24, 2.45) is 0 Å². The number of rotatable bonds is 5. The summed E-state index contributed by atoms with van der Waals surface area (Å²) in [4.78, 5) is 32.5. The number of hydrogen-bond donors (Lipinski definition) is 2. The van der Waals surface area contributed by atoms with Crippen molar-refractivity contribution in [2.75, 3.05) is 42.9 Å². The monoisotopic (exact) mass is 371 g/mol. The number of thiazole rings is 1. The molecule has 3 rings (SSSR count). The fourth-order valence-corrected chi connectivity index (χ4v) is 3.34. The number of benzene rings is 1. The molecule has 2 aromatic rings. The Labute approximate surface area is 156 Å². The summed E-state index contributed by atoms with van der Waals surface area (Å²) >= 11 is 1.61. The van der Waals surface area contributed by atoms with E-state index in [0.29, 0.717) is 30.9 Å². The zero-order valence-electron chi connectivity index (χ0n) is 14.4. The van der Waals surface area contributed by atoms with E-state index in [0.717, 1.165) is 18.2 Å². The van der Waals surface area contributed by atoms with Crippen molar-refractivity contribution in [1.29, 1.82) is 0 Å². The van der Waals surface area contributed by atoms with Crippen LogP contribution < -0.4 is 15.5 Å². The van der Waals surface area contributed by atoms with Crippen molar-refractivity contribution in [3.05, 3.63) is 54.1 Å². The minimum atomic E-state index is -0.166. The molecule has 1 aromatic carbocycles. The van der Waals surface area contributed by atoms with Crippen LogP contribution in [0, 0.1) is 0 Å². The molecule has 26 heavy (non-hydrogen) atoms. The van der Waals surface area contributed by atoms with Gasteiger partial charge in [-0.3, -0.25) is 4.79 Å². The van der Waals surface area contributed by atoms with Gasteiger partial charge in [0.15, 0.2) is 5.13 Å². The number of aromatic nitrogens is 1. The van der Waals surface area contributed by atoms with Gasteiger partial charge in [-0.1, -0.05) is 6.08 Å². The van der Waals surface area contributed by atoms with Crippen LogP contribution >= 0.6 is 11.3 Å². The van der Waals surface area contributed by atoms with Gasteiger partial charge in [-0.15, -0.1) is 17.9 Å². The average Bonchev–Trinajstić information content (AvgIpc) is 3.21. The molecular formula is C18H21N5O2S. The molecule has 136 valence electrons. The van der Waals surface area contributed by atoms with Gasteiger partial charge in [0.25, 0.3) is 5.91 Å². The second kappa shape index (κ2) is 8.48. The number of piperazine rings is 1. The Morgan fingerprint density at radius 1 is 1.19 bits per heavy atom. The van der Waals surface area contributed by atoms with Crippen molar-refractivity contribution in [3.8, 4) is 0 Å². The molecule has 2 N–H and O–H groups in total. The van der Waals surface area contributed by atoms with Gasteiger partial charge in [-0.25, -0.2) is 9.78 Å². The molecule has 0 spiro atoms. The van der Waals surface area contributed by atoms with Gasteiger partial charge in [0, 0.05) is 55.6 Å². The SMILES string of the molecule is C=CCNC(=O)c1ccc(NC(=O)N2CCN(c3nccs3)CC2)cc1. The molecule has 0 saturated carbocycles. The van der Waals surface area contributed by atoms with Crippen LogP contribution in [0.15, 0.2) is 48.5 Å². The Bertz CT molecular complexity index is 752. The van der Waals surface area contributed by atoms with Crippen LogP contribution in [-0.4, -0.2) is 54.5 Å². The average molecular weight is 371 g/mol. The fourth-order valence-electron chi connectivity index (χ4n) is 2.65. The Balaban J connectivity index is 1.50. The van der Waals surface area contributed by atoms with Crippen molar-refractivity contribution >= 4 is 34.1 Å². The number of urea groups is 1. The lowest BCUT2D eigenvalue weighted by Crippen LogP contribution is -2.50. The highest BCUT2D eigenvalue weighted by atomic mass is 32.1. The Hall–Kier alpha value is -2.87. The number of carbonyl (C=O) groups excluding carboxylic acids is 2. The molecule has 0 aliphatic carbocycles. The normalized spacial score (nSPS) is 14.0. The fraction of sp³-hybridized carbons (Fsp3) is 0.278. The van der Waals surface area contributed by atoms with Gasteiger partial charge in [0.2, 0.25) is 0 Å². The van der Waals surface area contributed by atoms with E-state index in [-0.39, 0.29) is 11.9 Å². The number of hydrogen-bond acceptors (Lipinski definition) is 5. The molecule has 1 aliphatic heterocycles. The maximum Gasteiger partial charge on any atom is 0.321 e. The third-order valence-electron chi connectivity index (χ3n) is 4.06. The topological polar surface area (TPSA) is 77.6 Å². The summed E-state index contributed by atoms with van der Waals surface area (Å²) < 4.78 is 0. The van der Waals surface area contributed by atoms with Crippen LogP contribution in [0.2, 0.25) is 0 Å². The molecule has 3 amide bonds. The number of amides is 3. The van der Waals surface area contributed by atoms with Crippen molar-refractivity contribution < 1.29 is 9.59 Å². The standard InChI is InChI=1S/C18H21N5O2S/c1-2-7-19-16(24)14-3-5-15(6-4-14)21-17(25)22-9-11-23(12-10-22)18-20-8-13-26-18/h2-6,8,13H,1,7,9-12H2,(H,19,24)(H,21,25). The molecule has 0 atom stereocenters. The first kappa shape index (κ1) is 17.9. The van der Waals surface area contributed by atoms with Crippen molar-refractivity contribution in [2.45, 2.75) is 0 Å². The van der Waals surface area contributed by atoms with Crippen LogP contribution in [-0.2, 0) is 0 Å². The quantitative estimate of drug-likeness (QED) is 0.792. The molecule has 1 aliphatic rings. The van der Waals surface area contributed by atoms with E-state index >= 15 is 0 Å². The summed E-state index contributed by atoms with van der Waals surface area (Å²) in [6.07, 6.45) is 3.42. The summed E-state index contributed by atoms with van der Waals surface area (Å²) in [5, 5.41) is 8.54. The molecule has 0 radical (unpaired) electrons. The first-order valence-electron chi connectivity index (χ1n) is 8.37. The summed E-state index contributed by atoms with van der Waals surface area (Å²) in [5.74, 6) is -0.166. The number of anilines is 2. The lowest BCUT2D eigenvalue weighted by molar-refractivity contribution is 0.0958. The molecule has 1 aromatic heterocycles. The summed E-state index contributed by atoms with van der Waals surface area (Å²) in [6.45, 7) is 6.81. The van der Waals surface area contributed by atoms with Crippen LogP contribution in [0.4, 0.5) is 15.6 Å².